The number of alkyl halides is 3. The third kappa shape index (κ3) is 5.86. The number of aryl methyl sites for hydroxylation is 1. The number of carbonyl (C=O) groups is 1. The van der Waals surface area contributed by atoms with Crippen LogP contribution in [0.4, 0.5) is 18.0 Å². The summed E-state index contributed by atoms with van der Waals surface area (Å²) in [6.07, 6.45) is -1.38. The van der Waals surface area contributed by atoms with Gasteiger partial charge in [0.25, 0.3) is 0 Å². The van der Waals surface area contributed by atoms with E-state index in [2.05, 4.69) is 36.0 Å². The number of nitrogens with zero attached hydrogens (tertiary/aromatic N) is 3. The topological polar surface area (TPSA) is 35.9 Å². The number of allylic oxidation sites excluding steroid dienone is 1. The first-order valence-electron chi connectivity index (χ1n) is 9.72. The van der Waals surface area contributed by atoms with Crippen LogP contribution < -0.4 is 0 Å². The Morgan fingerprint density at radius 3 is 2.58 bits per heavy atom. The van der Waals surface area contributed by atoms with Crippen LogP contribution in [0.1, 0.15) is 40.5 Å². The van der Waals surface area contributed by atoms with Gasteiger partial charge in [0.15, 0.2) is 0 Å². The molecule has 0 saturated heterocycles. The van der Waals surface area contributed by atoms with Crippen molar-refractivity contribution < 1.29 is 18.0 Å². The highest BCUT2D eigenvalue weighted by atomic mass is 32.1. The van der Waals surface area contributed by atoms with Gasteiger partial charge in [0.2, 0.25) is 0 Å². The van der Waals surface area contributed by atoms with E-state index in [1.807, 2.05) is 4.90 Å². The Kier molecular flexibility index (Phi) is 7.06. The largest absolute Gasteiger partial charge is 0.425 e. The molecule has 1 aliphatic rings. The molecule has 0 bridgehead atoms. The molecule has 0 spiro atoms. The first-order chi connectivity index (χ1) is 14.5. The molecule has 1 aliphatic heterocycles. The number of hydrogen-bond acceptors (Lipinski definition) is 3. The average Bonchev–Trinajstić information content (AvgIpc) is 3.34. The Morgan fingerprint density at radius 1 is 1.32 bits per heavy atom. The number of thiophene rings is 2. The molecule has 31 heavy (non-hydrogen) atoms. The van der Waals surface area contributed by atoms with Crippen molar-refractivity contribution >= 4 is 40.1 Å². The van der Waals surface area contributed by atoms with Crippen LogP contribution in [-0.2, 0) is 12.7 Å². The molecule has 2 aromatic rings. The zero-order valence-corrected chi connectivity index (χ0v) is 19.3. The number of urea groups is 1. The lowest BCUT2D eigenvalue weighted by atomic mass is 10.1. The lowest BCUT2D eigenvalue weighted by molar-refractivity contribution is -0.134. The number of rotatable bonds is 4. The number of halogens is 3. The van der Waals surface area contributed by atoms with Gasteiger partial charge in [-0.15, -0.1) is 22.7 Å². The van der Waals surface area contributed by atoms with Crippen molar-refractivity contribution in [2.75, 3.05) is 13.1 Å². The van der Waals surface area contributed by atoms with Gasteiger partial charge in [-0.05, 0) is 61.9 Å². The average molecular weight is 468 g/mol. The zero-order chi connectivity index (χ0) is 22.8. The lowest BCUT2D eigenvalue weighted by Gasteiger charge is -2.28. The van der Waals surface area contributed by atoms with Gasteiger partial charge in [-0.3, -0.25) is 4.90 Å². The van der Waals surface area contributed by atoms with Crippen LogP contribution in [0.2, 0.25) is 0 Å². The molecule has 0 aliphatic carbocycles. The van der Waals surface area contributed by atoms with E-state index < -0.39 is 17.1 Å². The smallest absolute Gasteiger partial charge is 0.356 e. The Bertz CT molecular complexity index is 1030. The molecule has 0 aromatic carbocycles. The quantitative estimate of drug-likeness (QED) is 0.366. The minimum atomic E-state index is -4.39. The summed E-state index contributed by atoms with van der Waals surface area (Å²) >= 11 is 2.35. The molecule has 0 N–H and O–H groups in total. The summed E-state index contributed by atoms with van der Waals surface area (Å²) in [7, 11) is 0. The predicted molar refractivity (Wildman–Crippen MR) is 121 cm³/mol. The Balaban J connectivity index is 1.67. The van der Waals surface area contributed by atoms with Crippen molar-refractivity contribution in [1.29, 1.82) is 0 Å². The summed E-state index contributed by atoms with van der Waals surface area (Å²) in [5, 5.41) is 2.13. The number of aliphatic imine (C=N–C) groups is 1. The minimum absolute atomic E-state index is 0.00741. The number of amidine groups is 1. The van der Waals surface area contributed by atoms with Crippen LogP contribution in [0.15, 0.2) is 46.9 Å². The molecule has 2 aromatic heterocycles. The van der Waals surface area contributed by atoms with E-state index in [1.54, 1.807) is 25.2 Å². The highest BCUT2D eigenvalue weighted by Crippen LogP contribution is 2.35. The predicted octanol–water partition coefficient (Wildman–Crippen LogP) is 6.80. The van der Waals surface area contributed by atoms with Crippen molar-refractivity contribution in [3.05, 3.63) is 62.1 Å². The molecule has 3 rings (SSSR count). The third-order valence-electron chi connectivity index (χ3n) is 4.92. The molecule has 0 atom stereocenters. The van der Waals surface area contributed by atoms with Gasteiger partial charge in [0, 0.05) is 28.5 Å². The second-order valence-corrected chi connectivity index (χ2v) is 9.52. The highest BCUT2D eigenvalue weighted by molar-refractivity contribution is 7.12. The summed E-state index contributed by atoms with van der Waals surface area (Å²) in [6, 6.07) is 4.06. The van der Waals surface area contributed by atoms with E-state index in [4.69, 9.17) is 0 Å². The van der Waals surface area contributed by atoms with Gasteiger partial charge in [-0.25, -0.2) is 4.79 Å². The van der Waals surface area contributed by atoms with Gasteiger partial charge >= 0.3 is 12.2 Å². The second-order valence-electron chi connectivity index (χ2n) is 7.44. The van der Waals surface area contributed by atoms with Crippen molar-refractivity contribution in [3.63, 3.8) is 0 Å². The van der Waals surface area contributed by atoms with Gasteiger partial charge in [-0.2, -0.15) is 18.2 Å². The first-order valence-corrected chi connectivity index (χ1v) is 11.4. The minimum Gasteiger partial charge on any atom is -0.356 e. The number of amides is 2. The lowest BCUT2D eigenvalue weighted by Crippen LogP contribution is -2.35. The first kappa shape index (κ1) is 23.3. The van der Waals surface area contributed by atoms with Crippen molar-refractivity contribution in [2.24, 2.45) is 4.99 Å². The fourth-order valence-electron chi connectivity index (χ4n) is 3.19. The monoisotopic (exact) mass is 467 g/mol. The molecule has 0 radical (unpaired) electrons. The van der Waals surface area contributed by atoms with Crippen LogP contribution in [0.3, 0.4) is 0 Å². The summed E-state index contributed by atoms with van der Waals surface area (Å²) in [5.41, 5.74) is 2.98. The summed E-state index contributed by atoms with van der Waals surface area (Å²) < 4.78 is 38.6. The molecule has 9 heteroatoms. The molecule has 0 unspecified atom stereocenters. The second kappa shape index (κ2) is 9.40. The molecule has 166 valence electrons. The molecule has 2 amide bonds. The molecule has 3 heterocycles. The van der Waals surface area contributed by atoms with Crippen molar-refractivity contribution in [2.45, 2.75) is 39.9 Å². The summed E-state index contributed by atoms with van der Waals surface area (Å²) in [4.78, 5) is 21.3. The molecular weight excluding hydrogens is 443 g/mol. The number of hydrogen-bond donors (Lipinski definition) is 0. The SMILES string of the molecule is C=C(C)N(Cc1ccc(C(F)(F)F)s1)C(=O)N=C(C)N1CC=C(c2cc(C)cs2)CC1. The van der Waals surface area contributed by atoms with E-state index in [9.17, 15) is 18.0 Å². The van der Waals surface area contributed by atoms with E-state index in [0.29, 0.717) is 34.3 Å². The zero-order valence-electron chi connectivity index (χ0n) is 17.6. The van der Waals surface area contributed by atoms with Crippen LogP contribution in [0.5, 0.6) is 0 Å². The van der Waals surface area contributed by atoms with Crippen molar-refractivity contribution in [1.82, 2.24) is 9.80 Å². The molecule has 4 nitrogen and oxygen atoms in total. The normalized spacial score (nSPS) is 15.1. The van der Waals surface area contributed by atoms with Gasteiger partial charge in [0.1, 0.15) is 10.7 Å². The molecule has 0 fully saturated rings. The fourth-order valence-corrected chi connectivity index (χ4v) is 5.03. The fraction of sp³-hybridized carbons (Fsp3) is 0.364. The van der Waals surface area contributed by atoms with E-state index >= 15 is 0 Å². The van der Waals surface area contributed by atoms with Crippen LogP contribution in [-0.4, -0.2) is 34.8 Å². The summed E-state index contributed by atoms with van der Waals surface area (Å²) in [5.74, 6) is 0.580. The van der Waals surface area contributed by atoms with E-state index in [-0.39, 0.29) is 6.54 Å². The Morgan fingerprint density at radius 2 is 2.06 bits per heavy atom. The van der Waals surface area contributed by atoms with E-state index in [1.165, 1.54) is 27.0 Å². The maximum absolute atomic E-state index is 12.9. The van der Waals surface area contributed by atoms with Crippen LogP contribution >= 0.6 is 22.7 Å². The molecule has 0 saturated carbocycles. The standard InChI is InChI=1S/C22H24F3N3OS2/c1-14(2)28(12-18-5-6-20(31-18)22(23,24)25)21(29)26-16(4)27-9-7-17(8-10-27)19-11-15(3)13-30-19/h5-7,11,13H,1,8-10,12H2,2-4H3. The third-order valence-corrected chi connectivity index (χ3v) is 7.16. The Hall–Kier alpha value is -2.39. The number of carbonyl (C=O) groups excluding carboxylic acids is 1. The maximum Gasteiger partial charge on any atom is 0.425 e. The van der Waals surface area contributed by atoms with Gasteiger partial charge in [0.05, 0.1) is 6.54 Å². The van der Waals surface area contributed by atoms with E-state index in [0.717, 1.165) is 19.0 Å². The Labute approximate surface area is 188 Å². The highest BCUT2D eigenvalue weighted by Gasteiger charge is 2.32. The van der Waals surface area contributed by atoms with Crippen LogP contribution in [0, 0.1) is 6.92 Å². The van der Waals surface area contributed by atoms with Crippen molar-refractivity contribution in [3.8, 4) is 0 Å². The van der Waals surface area contributed by atoms with Gasteiger partial charge < -0.3 is 4.90 Å². The van der Waals surface area contributed by atoms with Crippen LogP contribution in [0.25, 0.3) is 5.57 Å². The van der Waals surface area contributed by atoms with Gasteiger partial charge in [-0.1, -0.05) is 12.7 Å². The molecular formula is C22H24F3N3OS2. The summed E-state index contributed by atoms with van der Waals surface area (Å²) in [6.45, 7) is 10.7. The maximum atomic E-state index is 12.9.